The van der Waals surface area contributed by atoms with Crippen molar-refractivity contribution < 1.29 is 38.4 Å². The van der Waals surface area contributed by atoms with Gasteiger partial charge in [-0.25, -0.2) is 4.79 Å². The van der Waals surface area contributed by atoms with Crippen molar-refractivity contribution in [1.82, 2.24) is 9.80 Å². The minimum Gasteiger partial charge on any atom is -0.457 e. The molecule has 0 aromatic heterocycles. The zero-order valence-electron chi connectivity index (χ0n) is 33.6. The molecule has 0 aromatic carbocycles. The van der Waals surface area contributed by atoms with Crippen molar-refractivity contribution >= 4 is 12.1 Å². The van der Waals surface area contributed by atoms with E-state index in [9.17, 15) is 14.7 Å². The van der Waals surface area contributed by atoms with Crippen molar-refractivity contribution in [2.75, 3.05) is 32.8 Å². The lowest BCUT2D eigenvalue weighted by Gasteiger charge is -2.60. The lowest BCUT2D eigenvalue weighted by Crippen LogP contribution is -2.64. The molecule has 3 aliphatic heterocycles. The maximum absolute atomic E-state index is 12.5. The Morgan fingerprint density at radius 2 is 1.62 bits per heavy atom. The number of ether oxygens (including phenoxy) is 5. The summed E-state index contributed by atoms with van der Waals surface area (Å²) in [6, 6.07) is 0.330. The van der Waals surface area contributed by atoms with E-state index in [2.05, 4.69) is 25.7 Å². The highest BCUT2D eigenvalue weighted by atomic mass is 16.7. The molecule has 8 rings (SSSR count). The summed E-state index contributed by atoms with van der Waals surface area (Å²) in [7, 11) is 0. The number of nitrogens with zero attached hydrogens (tertiary/aromatic N) is 2. The fourth-order valence-electron chi connectivity index (χ4n) is 14.0. The van der Waals surface area contributed by atoms with Crippen LogP contribution >= 0.6 is 0 Å². The van der Waals surface area contributed by atoms with Gasteiger partial charge in [0.05, 0.1) is 37.1 Å². The fourth-order valence-corrected chi connectivity index (χ4v) is 14.0. The quantitative estimate of drug-likeness (QED) is 0.305. The Balaban J connectivity index is 0.904. The van der Waals surface area contributed by atoms with Crippen molar-refractivity contribution in [1.29, 1.82) is 0 Å². The second-order valence-corrected chi connectivity index (χ2v) is 21.0. The third kappa shape index (κ3) is 5.97. The molecule has 8 unspecified atom stereocenters. The van der Waals surface area contributed by atoms with Gasteiger partial charge in [0.1, 0.15) is 5.60 Å². The molecule has 12 atom stereocenters. The molecule has 5 saturated carbocycles. The van der Waals surface area contributed by atoms with Gasteiger partial charge in [-0.05, 0) is 144 Å². The first-order valence-electron chi connectivity index (χ1n) is 20.8. The number of likely N-dealkylation sites (tertiary alicyclic amines) is 1. The lowest BCUT2D eigenvalue weighted by atomic mass is 9.46. The van der Waals surface area contributed by atoms with Crippen LogP contribution in [0.2, 0.25) is 0 Å². The van der Waals surface area contributed by atoms with Gasteiger partial charge in [0.2, 0.25) is 0 Å². The number of amides is 1. The summed E-state index contributed by atoms with van der Waals surface area (Å²) in [5, 5.41) is 10.9. The SMILES string of the molecule is CC(=O)O[C@@H](C1CCC2C(CC3C4CCC5C(C)(C)[C@@H](OC6CN(C7CN(C(=O)OC(C)(C)C)C7)CCO6)CC[C@@]56C[C@@]46CCC23C)O1)C(C)(C)O. The molecule has 5 aliphatic carbocycles. The van der Waals surface area contributed by atoms with Crippen LogP contribution in [0.25, 0.3) is 0 Å². The molecule has 0 aromatic rings. The predicted octanol–water partition coefficient (Wildman–Crippen LogP) is 6.56. The third-order valence-corrected chi connectivity index (χ3v) is 16.3. The number of fused-ring (bicyclic) bond motifs is 4. The minimum atomic E-state index is -1.15. The van der Waals surface area contributed by atoms with Gasteiger partial charge in [-0.1, -0.05) is 20.8 Å². The first-order valence-corrected chi connectivity index (χ1v) is 20.8. The molecule has 52 heavy (non-hydrogen) atoms. The molecule has 1 N–H and O–H groups in total. The van der Waals surface area contributed by atoms with E-state index in [-0.39, 0.29) is 47.5 Å². The Morgan fingerprint density at radius 3 is 2.31 bits per heavy atom. The molecule has 10 heteroatoms. The maximum Gasteiger partial charge on any atom is 0.410 e. The Labute approximate surface area is 312 Å². The molecular formula is C42H68N2O8. The monoisotopic (exact) mass is 728 g/mol. The number of hydrogen-bond acceptors (Lipinski definition) is 9. The minimum absolute atomic E-state index is 0.0753. The number of carbonyl (C=O) groups excluding carboxylic acids is 2. The van der Waals surface area contributed by atoms with Gasteiger partial charge >= 0.3 is 12.1 Å². The van der Waals surface area contributed by atoms with Crippen molar-refractivity contribution in [3.8, 4) is 0 Å². The van der Waals surface area contributed by atoms with Crippen molar-refractivity contribution in [2.24, 2.45) is 45.3 Å². The second-order valence-electron chi connectivity index (χ2n) is 21.0. The van der Waals surface area contributed by atoms with Gasteiger partial charge in [-0.3, -0.25) is 9.69 Å². The summed E-state index contributed by atoms with van der Waals surface area (Å²) in [5.41, 5.74) is -0.389. The number of aliphatic hydroxyl groups is 1. The zero-order chi connectivity index (χ0) is 37.2. The van der Waals surface area contributed by atoms with Crippen LogP contribution in [0.1, 0.15) is 127 Å². The molecular weight excluding hydrogens is 660 g/mol. The number of rotatable bonds is 6. The average Bonchev–Trinajstić information content (AvgIpc) is 3.59. The van der Waals surface area contributed by atoms with Crippen LogP contribution in [0.5, 0.6) is 0 Å². The summed E-state index contributed by atoms with van der Waals surface area (Å²) >= 11 is 0. The summed E-state index contributed by atoms with van der Waals surface area (Å²) in [4.78, 5) is 28.8. The van der Waals surface area contributed by atoms with Gasteiger partial charge in [-0.2, -0.15) is 0 Å². The maximum atomic E-state index is 12.5. The van der Waals surface area contributed by atoms with Crippen LogP contribution in [-0.2, 0) is 28.5 Å². The van der Waals surface area contributed by atoms with Gasteiger partial charge in [0, 0.05) is 32.6 Å². The van der Waals surface area contributed by atoms with Gasteiger partial charge in [0.15, 0.2) is 12.4 Å². The molecule has 3 heterocycles. The highest BCUT2D eigenvalue weighted by Gasteiger charge is 2.80. The van der Waals surface area contributed by atoms with Crippen LogP contribution < -0.4 is 0 Å². The number of morpholine rings is 1. The molecule has 10 nitrogen and oxygen atoms in total. The van der Waals surface area contributed by atoms with E-state index in [1.54, 1.807) is 13.8 Å². The van der Waals surface area contributed by atoms with Crippen LogP contribution in [0.3, 0.4) is 0 Å². The van der Waals surface area contributed by atoms with Crippen LogP contribution in [-0.4, -0.2) is 108 Å². The first-order chi connectivity index (χ1) is 24.3. The summed E-state index contributed by atoms with van der Waals surface area (Å²) in [5.74, 6) is 2.25. The van der Waals surface area contributed by atoms with Crippen molar-refractivity contribution in [3.05, 3.63) is 0 Å². The fraction of sp³-hybridized carbons (Fsp3) is 0.952. The Hall–Kier alpha value is -1.46. The smallest absolute Gasteiger partial charge is 0.410 e. The highest BCUT2D eigenvalue weighted by Crippen LogP contribution is 2.87. The van der Waals surface area contributed by atoms with E-state index in [1.165, 1.54) is 45.4 Å². The molecule has 294 valence electrons. The zero-order valence-corrected chi connectivity index (χ0v) is 33.6. The topological polar surface area (TPSA) is 107 Å². The second kappa shape index (κ2) is 12.5. The van der Waals surface area contributed by atoms with Crippen LogP contribution in [0.4, 0.5) is 4.79 Å². The van der Waals surface area contributed by atoms with E-state index in [0.29, 0.717) is 54.3 Å². The van der Waals surface area contributed by atoms with Crippen molar-refractivity contribution in [2.45, 2.75) is 174 Å². The summed E-state index contributed by atoms with van der Waals surface area (Å²) in [6.45, 7) is 21.9. The van der Waals surface area contributed by atoms with E-state index < -0.39 is 17.3 Å². The number of hydrogen-bond donors (Lipinski definition) is 1. The van der Waals surface area contributed by atoms with Gasteiger partial charge in [-0.15, -0.1) is 0 Å². The molecule has 0 radical (unpaired) electrons. The lowest BCUT2D eigenvalue weighted by molar-refractivity contribution is -0.250. The molecule has 0 bridgehead atoms. The predicted molar refractivity (Wildman–Crippen MR) is 195 cm³/mol. The Morgan fingerprint density at radius 1 is 0.885 bits per heavy atom. The number of esters is 1. The van der Waals surface area contributed by atoms with E-state index in [0.717, 1.165) is 44.7 Å². The van der Waals surface area contributed by atoms with Crippen LogP contribution in [0.15, 0.2) is 0 Å². The normalized spacial score (nSPS) is 44.9. The van der Waals surface area contributed by atoms with E-state index in [4.69, 9.17) is 23.7 Å². The van der Waals surface area contributed by atoms with Crippen molar-refractivity contribution in [3.63, 3.8) is 0 Å². The van der Waals surface area contributed by atoms with Gasteiger partial charge < -0.3 is 33.7 Å². The highest BCUT2D eigenvalue weighted by molar-refractivity contribution is 5.69. The number of carbonyl (C=O) groups is 2. The molecule has 8 aliphatic rings. The van der Waals surface area contributed by atoms with E-state index >= 15 is 0 Å². The molecule has 2 spiro atoms. The summed E-state index contributed by atoms with van der Waals surface area (Å²) in [6.07, 6.45) is 11.0. The standard InChI is InChI=1S/C42H68N2O8/c1-25(45)49-35(39(7,8)47)30-12-10-28-31(50-30)20-29-27-11-13-32-38(5,6)33(14-15-42(32)24-41(27,42)17-16-40(28,29)9)51-34-23-43(18-19-48-34)26-21-44(22-26)36(46)52-37(2,3)4/h26-35,47H,10-24H2,1-9H3/t27?,28?,29?,30?,31?,32?,33-,34?,35-,40?,41-,42+/m0/s1. The Bertz CT molecular complexity index is 1400. The molecule has 3 saturated heterocycles. The largest absolute Gasteiger partial charge is 0.457 e. The molecule has 8 fully saturated rings. The van der Waals surface area contributed by atoms with E-state index in [1.807, 2.05) is 25.7 Å². The first kappa shape index (κ1) is 37.5. The van der Waals surface area contributed by atoms with Crippen LogP contribution in [0, 0.1) is 45.3 Å². The van der Waals surface area contributed by atoms with Gasteiger partial charge in [0.25, 0.3) is 0 Å². The summed E-state index contributed by atoms with van der Waals surface area (Å²) < 4.78 is 31.4. The molecule has 1 amide bonds. The Kier molecular flexibility index (Phi) is 9.02. The third-order valence-electron chi connectivity index (χ3n) is 16.3. The average molecular weight is 729 g/mol.